The lowest BCUT2D eigenvalue weighted by molar-refractivity contribution is 0.559. The largest absolute Gasteiger partial charge is 0.313 e. The normalized spacial score (nSPS) is 13.4. The average molecular weight is 323 g/mol. The van der Waals surface area contributed by atoms with Gasteiger partial charge < -0.3 is 5.32 Å². The number of hydrogen-bond acceptors (Lipinski definition) is 3. The summed E-state index contributed by atoms with van der Waals surface area (Å²) in [6.07, 6.45) is 0.887. The van der Waals surface area contributed by atoms with Gasteiger partial charge >= 0.3 is 0 Å². The fourth-order valence-electron chi connectivity index (χ4n) is 2.28. The zero-order valence-corrected chi connectivity index (χ0v) is 14.9. The SMILES string of the molecule is CNC(Cc1nc(C(C)(C)C)cs1)c1cc(Cl)ccc1C. The summed E-state index contributed by atoms with van der Waals surface area (Å²) >= 11 is 7.88. The zero-order chi connectivity index (χ0) is 15.6. The van der Waals surface area contributed by atoms with Crippen molar-refractivity contribution in [1.29, 1.82) is 0 Å². The highest BCUT2D eigenvalue weighted by atomic mass is 35.5. The van der Waals surface area contributed by atoms with Crippen LogP contribution in [-0.2, 0) is 11.8 Å². The number of aromatic nitrogens is 1. The molecule has 2 rings (SSSR count). The lowest BCUT2D eigenvalue weighted by atomic mass is 9.93. The lowest BCUT2D eigenvalue weighted by Crippen LogP contribution is -2.20. The van der Waals surface area contributed by atoms with Gasteiger partial charge in [-0.25, -0.2) is 4.98 Å². The van der Waals surface area contributed by atoms with Crippen LogP contribution in [0.3, 0.4) is 0 Å². The van der Waals surface area contributed by atoms with Gasteiger partial charge in [0.05, 0.1) is 10.7 Å². The molecule has 1 atom stereocenters. The van der Waals surface area contributed by atoms with Gasteiger partial charge in [0.25, 0.3) is 0 Å². The molecule has 1 aromatic carbocycles. The summed E-state index contributed by atoms with van der Waals surface area (Å²) in [6.45, 7) is 8.71. The van der Waals surface area contributed by atoms with Crippen LogP contribution >= 0.6 is 22.9 Å². The topological polar surface area (TPSA) is 24.9 Å². The fourth-order valence-corrected chi connectivity index (χ4v) is 3.53. The number of nitrogens with zero attached hydrogens (tertiary/aromatic N) is 1. The molecule has 4 heteroatoms. The van der Waals surface area contributed by atoms with Crippen LogP contribution in [0.5, 0.6) is 0 Å². The van der Waals surface area contributed by atoms with Crippen LogP contribution in [0.25, 0.3) is 0 Å². The number of rotatable bonds is 4. The molecule has 21 heavy (non-hydrogen) atoms. The smallest absolute Gasteiger partial charge is 0.0947 e. The van der Waals surface area contributed by atoms with Crippen LogP contribution in [0.1, 0.15) is 48.6 Å². The Balaban J connectivity index is 2.23. The maximum Gasteiger partial charge on any atom is 0.0947 e. The van der Waals surface area contributed by atoms with Gasteiger partial charge in [0.15, 0.2) is 0 Å². The third kappa shape index (κ3) is 4.06. The van der Waals surface area contributed by atoms with Crippen LogP contribution < -0.4 is 5.32 Å². The van der Waals surface area contributed by atoms with Gasteiger partial charge in [0, 0.05) is 28.3 Å². The first-order valence-electron chi connectivity index (χ1n) is 7.19. The van der Waals surface area contributed by atoms with E-state index in [2.05, 4.69) is 50.5 Å². The minimum Gasteiger partial charge on any atom is -0.313 e. The maximum atomic E-state index is 6.14. The molecule has 114 valence electrons. The van der Waals surface area contributed by atoms with Crippen molar-refractivity contribution in [2.75, 3.05) is 7.05 Å². The maximum absolute atomic E-state index is 6.14. The molecule has 0 fully saturated rings. The quantitative estimate of drug-likeness (QED) is 0.865. The zero-order valence-electron chi connectivity index (χ0n) is 13.3. The van der Waals surface area contributed by atoms with Crippen molar-refractivity contribution in [2.24, 2.45) is 0 Å². The minimum atomic E-state index is 0.107. The minimum absolute atomic E-state index is 0.107. The highest BCUT2D eigenvalue weighted by Crippen LogP contribution is 2.28. The molecular weight excluding hydrogens is 300 g/mol. The van der Waals surface area contributed by atoms with Gasteiger partial charge in [-0.3, -0.25) is 0 Å². The number of aryl methyl sites for hydroxylation is 1. The molecule has 2 nitrogen and oxygen atoms in total. The molecule has 0 aliphatic rings. The Labute approximate surface area is 136 Å². The van der Waals surface area contributed by atoms with Crippen LogP contribution in [0, 0.1) is 6.92 Å². The summed E-state index contributed by atoms with van der Waals surface area (Å²) in [5.74, 6) is 0. The van der Waals surface area contributed by atoms with E-state index in [0.29, 0.717) is 0 Å². The summed E-state index contributed by atoms with van der Waals surface area (Å²) in [7, 11) is 1.99. The number of hydrogen-bond donors (Lipinski definition) is 1. The van der Waals surface area contributed by atoms with E-state index in [4.69, 9.17) is 16.6 Å². The van der Waals surface area contributed by atoms with E-state index in [1.807, 2.05) is 13.1 Å². The fraction of sp³-hybridized carbons (Fsp3) is 0.471. The molecule has 0 saturated heterocycles. The van der Waals surface area contributed by atoms with Crippen molar-refractivity contribution in [1.82, 2.24) is 10.3 Å². The predicted molar refractivity (Wildman–Crippen MR) is 92.5 cm³/mol. The molecule has 0 aliphatic heterocycles. The van der Waals surface area contributed by atoms with E-state index in [-0.39, 0.29) is 11.5 Å². The molecule has 1 heterocycles. The summed E-state index contributed by atoms with van der Waals surface area (Å²) < 4.78 is 0. The van der Waals surface area contributed by atoms with Gasteiger partial charge in [-0.2, -0.15) is 0 Å². The number of benzene rings is 1. The third-order valence-electron chi connectivity index (χ3n) is 3.66. The molecular formula is C17H23ClN2S. The second kappa shape index (κ2) is 6.47. The van der Waals surface area contributed by atoms with Crippen LogP contribution in [0.15, 0.2) is 23.6 Å². The first kappa shape index (κ1) is 16.5. The van der Waals surface area contributed by atoms with Crippen molar-refractivity contribution in [3.8, 4) is 0 Å². The molecule has 1 unspecified atom stereocenters. The Morgan fingerprint density at radius 2 is 2.05 bits per heavy atom. The summed E-state index contributed by atoms with van der Waals surface area (Å²) in [5.41, 5.74) is 3.78. The second-order valence-electron chi connectivity index (χ2n) is 6.42. The monoisotopic (exact) mass is 322 g/mol. The standard InChI is InChI=1S/C17H23ClN2S/c1-11-6-7-12(18)8-13(11)14(19-5)9-16-20-15(10-21-16)17(2,3)4/h6-8,10,14,19H,9H2,1-5H3. The molecule has 1 N–H and O–H groups in total. The van der Waals surface area contributed by atoms with Gasteiger partial charge in [-0.1, -0.05) is 38.4 Å². The molecule has 0 amide bonds. The first-order chi connectivity index (χ1) is 9.81. The van der Waals surface area contributed by atoms with Crippen molar-refractivity contribution in [3.05, 3.63) is 50.4 Å². The highest BCUT2D eigenvalue weighted by Gasteiger charge is 2.20. The molecule has 0 bridgehead atoms. The molecule has 0 saturated carbocycles. The van der Waals surface area contributed by atoms with Gasteiger partial charge in [-0.05, 0) is 37.2 Å². The Morgan fingerprint density at radius 1 is 1.33 bits per heavy atom. The molecule has 0 aliphatic carbocycles. The Morgan fingerprint density at radius 3 is 2.62 bits per heavy atom. The summed E-state index contributed by atoms with van der Waals surface area (Å²) in [4.78, 5) is 4.79. The number of thiazole rings is 1. The van der Waals surface area contributed by atoms with E-state index >= 15 is 0 Å². The molecule has 0 radical (unpaired) electrons. The Kier molecular flexibility index (Phi) is 5.07. The van der Waals surface area contributed by atoms with E-state index in [1.54, 1.807) is 11.3 Å². The molecule has 1 aromatic heterocycles. The predicted octanol–water partition coefficient (Wildman–Crippen LogP) is 4.91. The molecule has 2 aromatic rings. The number of nitrogens with one attached hydrogen (secondary N) is 1. The van der Waals surface area contributed by atoms with E-state index < -0.39 is 0 Å². The number of likely N-dealkylation sites (N-methyl/N-ethyl adjacent to an activating group) is 1. The summed E-state index contributed by atoms with van der Waals surface area (Å²) in [6, 6.07) is 6.30. The van der Waals surface area contributed by atoms with E-state index in [0.717, 1.165) is 11.4 Å². The van der Waals surface area contributed by atoms with Crippen LogP contribution in [0.2, 0.25) is 5.02 Å². The van der Waals surface area contributed by atoms with Crippen molar-refractivity contribution in [2.45, 2.75) is 45.6 Å². The van der Waals surface area contributed by atoms with E-state index in [1.165, 1.54) is 21.8 Å². The van der Waals surface area contributed by atoms with Gasteiger partial charge in [0.2, 0.25) is 0 Å². The molecule has 0 spiro atoms. The van der Waals surface area contributed by atoms with Gasteiger partial charge in [-0.15, -0.1) is 11.3 Å². The van der Waals surface area contributed by atoms with E-state index in [9.17, 15) is 0 Å². The van der Waals surface area contributed by atoms with Crippen LogP contribution in [0.4, 0.5) is 0 Å². The average Bonchev–Trinajstić information content (AvgIpc) is 2.87. The van der Waals surface area contributed by atoms with Crippen molar-refractivity contribution < 1.29 is 0 Å². The summed E-state index contributed by atoms with van der Waals surface area (Å²) in [5, 5.41) is 7.51. The third-order valence-corrected chi connectivity index (χ3v) is 4.77. The number of halogens is 1. The Bertz CT molecular complexity index is 613. The van der Waals surface area contributed by atoms with Crippen LogP contribution in [-0.4, -0.2) is 12.0 Å². The van der Waals surface area contributed by atoms with Crippen molar-refractivity contribution >= 4 is 22.9 Å². The lowest BCUT2D eigenvalue weighted by Gasteiger charge is -2.18. The van der Waals surface area contributed by atoms with Crippen molar-refractivity contribution in [3.63, 3.8) is 0 Å². The first-order valence-corrected chi connectivity index (χ1v) is 8.45. The Hall–Kier alpha value is -0.900. The second-order valence-corrected chi connectivity index (χ2v) is 7.80. The van der Waals surface area contributed by atoms with Gasteiger partial charge in [0.1, 0.15) is 0 Å². The highest BCUT2D eigenvalue weighted by molar-refractivity contribution is 7.09.